The predicted molar refractivity (Wildman–Crippen MR) is 92.9 cm³/mol. The van der Waals surface area contributed by atoms with E-state index in [0.29, 0.717) is 5.69 Å². The zero-order chi connectivity index (χ0) is 18.4. The fourth-order valence-electron chi connectivity index (χ4n) is 1.80. The smallest absolute Gasteiger partial charge is 0.323 e. The molecule has 2 aromatic carbocycles. The minimum absolute atomic E-state index is 0.0240. The van der Waals surface area contributed by atoms with Gasteiger partial charge < -0.3 is 10.6 Å². The Kier molecular flexibility index (Phi) is 5.97. The van der Waals surface area contributed by atoms with Crippen LogP contribution in [-0.4, -0.2) is 18.0 Å². The third-order valence-corrected chi connectivity index (χ3v) is 3.71. The fourth-order valence-corrected chi connectivity index (χ4v) is 2.22. The first-order chi connectivity index (χ1) is 11.8. The number of nitrogens with one attached hydrogen (secondary N) is 2. The highest BCUT2D eigenvalue weighted by Crippen LogP contribution is 2.20. The van der Waals surface area contributed by atoms with Crippen LogP contribution in [0.1, 0.15) is 5.56 Å². The molecule has 0 bridgehead atoms. The SMILES string of the molecule is O=C(/C=C/c1ccccc1Br)Nc1ccc(NC(=O)C(F)(F)F)cc1. The molecule has 0 aliphatic rings. The number of hydrogen-bond acceptors (Lipinski definition) is 2. The summed E-state index contributed by atoms with van der Waals surface area (Å²) in [5.41, 5.74) is 1.18. The zero-order valence-electron chi connectivity index (χ0n) is 12.6. The monoisotopic (exact) mass is 412 g/mol. The number of alkyl halides is 3. The molecule has 0 unspecified atom stereocenters. The van der Waals surface area contributed by atoms with Crippen LogP contribution in [0.15, 0.2) is 59.1 Å². The molecular formula is C17H12BrF3N2O2. The summed E-state index contributed by atoms with van der Waals surface area (Å²) in [5.74, 6) is -2.46. The number of amides is 2. The van der Waals surface area contributed by atoms with Crippen LogP contribution in [0.3, 0.4) is 0 Å². The van der Waals surface area contributed by atoms with Crippen LogP contribution in [-0.2, 0) is 9.59 Å². The van der Waals surface area contributed by atoms with Gasteiger partial charge in [0.05, 0.1) is 0 Å². The van der Waals surface area contributed by atoms with Crippen LogP contribution in [0.5, 0.6) is 0 Å². The summed E-state index contributed by atoms with van der Waals surface area (Å²) >= 11 is 3.36. The highest BCUT2D eigenvalue weighted by Gasteiger charge is 2.38. The summed E-state index contributed by atoms with van der Waals surface area (Å²) in [4.78, 5) is 22.7. The molecule has 0 spiro atoms. The molecule has 0 saturated carbocycles. The van der Waals surface area contributed by atoms with E-state index in [1.54, 1.807) is 11.4 Å². The number of halogens is 4. The summed E-state index contributed by atoms with van der Waals surface area (Å²) in [6.45, 7) is 0. The number of hydrogen-bond donors (Lipinski definition) is 2. The van der Waals surface area contributed by atoms with E-state index in [1.807, 2.05) is 24.3 Å². The molecule has 0 saturated heterocycles. The van der Waals surface area contributed by atoms with Crippen LogP contribution >= 0.6 is 15.9 Å². The molecular weight excluding hydrogens is 401 g/mol. The van der Waals surface area contributed by atoms with Gasteiger partial charge in [-0.15, -0.1) is 0 Å². The van der Waals surface area contributed by atoms with Gasteiger partial charge in [0.25, 0.3) is 0 Å². The van der Waals surface area contributed by atoms with Crippen molar-refractivity contribution in [1.29, 1.82) is 0 Å². The first-order valence-electron chi connectivity index (χ1n) is 6.97. The highest BCUT2D eigenvalue weighted by atomic mass is 79.9. The van der Waals surface area contributed by atoms with Crippen molar-refractivity contribution in [1.82, 2.24) is 0 Å². The van der Waals surface area contributed by atoms with Crippen molar-refractivity contribution in [3.8, 4) is 0 Å². The summed E-state index contributed by atoms with van der Waals surface area (Å²) in [5, 5.41) is 4.29. The van der Waals surface area contributed by atoms with Gasteiger partial charge in [0.1, 0.15) is 0 Å². The number of carbonyl (C=O) groups excluding carboxylic acids is 2. The average Bonchev–Trinajstić information content (AvgIpc) is 2.55. The van der Waals surface area contributed by atoms with Gasteiger partial charge in [-0.1, -0.05) is 34.1 Å². The Morgan fingerprint density at radius 1 is 0.920 bits per heavy atom. The van der Waals surface area contributed by atoms with Gasteiger partial charge in [-0.05, 0) is 42.0 Å². The Morgan fingerprint density at radius 2 is 1.48 bits per heavy atom. The molecule has 25 heavy (non-hydrogen) atoms. The molecule has 0 heterocycles. The van der Waals surface area contributed by atoms with Gasteiger partial charge in [-0.25, -0.2) is 0 Å². The third-order valence-electron chi connectivity index (χ3n) is 2.99. The van der Waals surface area contributed by atoms with Crippen molar-refractivity contribution >= 4 is 45.2 Å². The molecule has 2 aromatic rings. The van der Waals surface area contributed by atoms with Crippen molar-refractivity contribution in [2.75, 3.05) is 10.6 Å². The van der Waals surface area contributed by atoms with Crippen LogP contribution in [0.4, 0.5) is 24.5 Å². The zero-order valence-corrected chi connectivity index (χ0v) is 14.2. The molecule has 0 radical (unpaired) electrons. The second-order valence-electron chi connectivity index (χ2n) is 4.87. The molecule has 0 atom stereocenters. The number of rotatable bonds is 4. The fraction of sp³-hybridized carbons (Fsp3) is 0.0588. The van der Waals surface area contributed by atoms with Gasteiger partial charge in [0.2, 0.25) is 5.91 Å². The Balaban J connectivity index is 1.96. The largest absolute Gasteiger partial charge is 0.471 e. The van der Waals surface area contributed by atoms with Crippen LogP contribution < -0.4 is 10.6 Å². The molecule has 8 heteroatoms. The maximum Gasteiger partial charge on any atom is 0.471 e. The summed E-state index contributed by atoms with van der Waals surface area (Å²) in [6.07, 6.45) is -2.00. The van der Waals surface area contributed by atoms with E-state index in [1.165, 1.54) is 30.3 Å². The van der Waals surface area contributed by atoms with Crippen LogP contribution in [0, 0.1) is 0 Å². The molecule has 2 amide bonds. The van der Waals surface area contributed by atoms with E-state index >= 15 is 0 Å². The lowest BCUT2D eigenvalue weighted by molar-refractivity contribution is -0.167. The summed E-state index contributed by atoms with van der Waals surface area (Å²) in [7, 11) is 0. The van der Waals surface area contributed by atoms with Gasteiger partial charge in [-0.2, -0.15) is 13.2 Å². The Bertz CT molecular complexity index is 802. The minimum Gasteiger partial charge on any atom is -0.323 e. The quantitative estimate of drug-likeness (QED) is 0.720. The molecule has 130 valence electrons. The molecule has 0 fully saturated rings. The average molecular weight is 413 g/mol. The van der Waals surface area contributed by atoms with E-state index in [4.69, 9.17) is 0 Å². The highest BCUT2D eigenvalue weighted by molar-refractivity contribution is 9.10. The van der Waals surface area contributed by atoms with E-state index < -0.39 is 18.0 Å². The van der Waals surface area contributed by atoms with Crippen LogP contribution in [0.2, 0.25) is 0 Å². The maximum absolute atomic E-state index is 12.2. The maximum atomic E-state index is 12.2. The van der Waals surface area contributed by atoms with Crippen molar-refractivity contribution < 1.29 is 22.8 Å². The molecule has 2 rings (SSSR count). The molecule has 0 aliphatic heterocycles. The first kappa shape index (κ1) is 18.7. The molecule has 4 nitrogen and oxygen atoms in total. The lowest BCUT2D eigenvalue weighted by Crippen LogP contribution is -2.29. The molecule has 0 aromatic heterocycles. The predicted octanol–water partition coefficient (Wildman–Crippen LogP) is 4.60. The van der Waals surface area contributed by atoms with E-state index in [2.05, 4.69) is 21.2 Å². The minimum atomic E-state index is -4.95. The number of carbonyl (C=O) groups is 2. The number of benzene rings is 2. The van der Waals surface area contributed by atoms with E-state index in [0.717, 1.165) is 10.0 Å². The lowest BCUT2D eigenvalue weighted by atomic mass is 10.2. The standard InChI is InChI=1S/C17H12BrF3N2O2/c18-14-4-2-1-3-11(14)5-10-15(24)22-12-6-8-13(9-7-12)23-16(25)17(19,20)21/h1-10H,(H,22,24)(H,23,25)/b10-5+. The normalized spacial score (nSPS) is 11.4. The number of anilines is 2. The lowest BCUT2D eigenvalue weighted by Gasteiger charge is -2.08. The van der Waals surface area contributed by atoms with Crippen molar-refractivity contribution in [3.63, 3.8) is 0 Å². The Morgan fingerprint density at radius 3 is 2.04 bits per heavy atom. The van der Waals surface area contributed by atoms with Crippen molar-refractivity contribution in [2.24, 2.45) is 0 Å². The topological polar surface area (TPSA) is 58.2 Å². The second-order valence-corrected chi connectivity index (χ2v) is 5.73. The molecule has 0 aliphatic carbocycles. The summed E-state index contributed by atoms with van der Waals surface area (Å²) < 4.78 is 37.3. The van der Waals surface area contributed by atoms with Crippen molar-refractivity contribution in [3.05, 3.63) is 64.6 Å². The molecule has 2 N–H and O–H groups in total. The van der Waals surface area contributed by atoms with Gasteiger partial charge >= 0.3 is 12.1 Å². The summed E-state index contributed by atoms with van der Waals surface area (Å²) in [6, 6.07) is 12.6. The van der Waals surface area contributed by atoms with Gasteiger partial charge in [-0.3, -0.25) is 9.59 Å². The van der Waals surface area contributed by atoms with Gasteiger partial charge in [0, 0.05) is 21.9 Å². The Hall–Kier alpha value is -2.61. The Labute approximate surface area is 149 Å². The third kappa shape index (κ3) is 5.75. The van der Waals surface area contributed by atoms with Crippen molar-refractivity contribution in [2.45, 2.75) is 6.18 Å². The second kappa shape index (κ2) is 7.98. The first-order valence-corrected chi connectivity index (χ1v) is 7.77. The van der Waals surface area contributed by atoms with Gasteiger partial charge in [0.15, 0.2) is 0 Å². The van der Waals surface area contributed by atoms with E-state index in [9.17, 15) is 22.8 Å². The van der Waals surface area contributed by atoms with E-state index in [-0.39, 0.29) is 5.69 Å². The van der Waals surface area contributed by atoms with Crippen LogP contribution in [0.25, 0.3) is 6.08 Å².